The molecule has 19 heavy (non-hydrogen) atoms. The van der Waals surface area contributed by atoms with Crippen molar-refractivity contribution in [3.05, 3.63) is 33.8 Å². The van der Waals surface area contributed by atoms with Gasteiger partial charge in [-0.3, -0.25) is 4.79 Å². The van der Waals surface area contributed by atoms with Gasteiger partial charge in [-0.25, -0.2) is 0 Å². The molecule has 0 spiro atoms. The zero-order chi connectivity index (χ0) is 14.5. The van der Waals surface area contributed by atoms with Crippen LogP contribution in [0.15, 0.2) is 18.2 Å². The summed E-state index contributed by atoms with van der Waals surface area (Å²) in [6.45, 7) is 4.68. The molecule has 1 aromatic rings. The summed E-state index contributed by atoms with van der Waals surface area (Å²) < 4.78 is 0. The molecule has 0 radical (unpaired) electrons. The fourth-order valence-corrected chi connectivity index (χ4v) is 2.62. The van der Waals surface area contributed by atoms with Crippen molar-refractivity contribution in [1.29, 1.82) is 0 Å². The predicted octanol–water partition coefficient (Wildman–Crippen LogP) is 4.77. The number of carbonyl (C=O) groups is 1. The molecule has 1 N–H and O–H groups in total. The minimum absolute atomic E-state index is 0.0672. The van der Waals surface area contributed by atoms with E-state index < -0.39 is 0 Å². The first-order valence-electron chi connectivity index (χ1n) is 6.27. The first kappa shape index (κ1) is 16.6. The largest absolute Gasteiger partial charge is 0.351 e. The molecule has 2 nitrogen and oxygen atoms in total. The van der Waals surface area contributed by atoms with Gasteiger partial charge in [0, 0.05) is 22.9 Å². The fourth-order valence-electron chi connectivity index (χ4n) is 1.77. The van der Waals surface area contributed by atoms with Gasteiger partial charge in [0.1, 0.15) is 0 Å². The van der Waals surface area contributed by atoms with Crippen LogP contribution in [0.25, 0.3) is 0 Å². The van der Waals surface area contributed by atoms with Crippen LogP contribution in [0.1, 0.15) is 37.0 Å². The molecular formula is C14H18Cl3NO. The van der Waals surface area contributed by atoms with E-state index in [0.717, 1.165) is 12.8 Å². The third kappa shape index (κ3) is 4.27. The van der Waals surface area contributed by atoms with Crippen molar-refractivity contribution in [2.45, 2.75) is 26.7 Å². The van der Waals surface area contributed by atoms with Crippen molar-refractivity contribution in [2.75, 3.05) is 12.4 Å². The molecular weight excluding hydrogens is 305 g/mol. The molecule has 1 aromatic carbocycles. The predicted molar refractivity (Wildman–Crippen MR) is 82.5 cm³/mol. The standard InChI is InChI=1S/C14H18Cl3NO/c1-3-14(4-2,8-15)9-18-13(19)11-7-10(16)5-6-12(11)17/h5-7H,3-4,8-9H2,1-2H3,(H,18,19). The first-order chi connectivity index (χ1) is 8.98. The molecule has 0 aliphatic carbocycles. The Morgan fingerprint density at radius 2 is 1.89 bits per heavy atom. The monoisotopic (exact) mass is 321 g/mol. The Kier molecular flexibility index (Phi) is 6.45. The number of nitrogens with one attached hydrogen (secondary N) is 1. The van der Waals surface area contributed by atoms with Gasteiger partial charge in [-0.1, -0.05) is 37.0 Å². The number of halogens is 3. The maximum Gasteiger partial charge on any atom is 0.252 e. The van der Waals surface area contributed by atoms with Gasteiger partial charge in [0.2, 0.25) is 0 Å². The molecule has 1 amide bonds. The van der Waals surface area contributed by atoms with Crippen LogP contribution >= 0.6 is 34.8 Å². The van der Waals surface area contributed by atoms with E-state index in [-0.39, 0.29) is 11.3 Å². The third-order valence-electron chi connectivity index (χ3n) is 3.58. The SMILES string of the molecule is CCC(CC)(CCl)CNC(=O)c1cc(Cl)ccc1Cl. The van der Waals surface area contributed by atoms with E-state index in [4.69, 9.17) is 34.8 Å². The number of benzene rings is 1. The van der Waals surface area contributed by atoms with E-state index >= 15 is 0 Å². The Hall–Kier alpha value is -0.440. The second-order valence-electron chi connectivity index (χ2n) is 4.65. The van der Waals surface area contributed by atoms with E-state index in [0.29, 0.717) is 28.0 Å². The van der Waals surface area contributed by atoms with Gasteiger partial charge in [0.05, 0.1) is 10.6 Å². The summed E-state index contributed by atoms with van der Waals surface area (Å²) in [7, 11) is 0. The Balaban J connectivity index is 2.77. The van der Waals surface area contributed by atoms with Crippen LogP contribution < -0.4 is 5.32 Å². The zero-order valence-corrected chi connectivity index (χ0v) is 13.4. The quantitative estimate of drug-likeness (QED) is 0.751. The number of amides is 1. The van der Waals surface area contributed by atoms with Crippen LogP contribution in [0.4, 0.5) is 0 Å². The van der Waals surface area contributed by atoms with Crippen LogP contribution in [-0.4, -0.2) is 18.3 Å². The Morgan fingerprint density at radius 3 is 2.42 bits per heavy atom. The maximum absolute atomic E-state index is 12.1. The van der Waals surface area contributed by atoms with Gasteiger partial charge in [-0.05, 0) is 31.0 Å². The smallest absolute Gasteiger partial charge is 0.252 e. The zero-order valence-electron chi connectivity index (χ0n) is 11.1. The average Bonchev–Trinajstić information content (AvgIpc) is 2.43. The Labute approximate surface area is 129 Å². The lowest BCUT2D eigenvalue weighted by Crippen LogP contribution is -2.38. The highest BCUT2D eigenvalue weighted by Crippen LogP contribution is 2.27. The lowest BCUT2D eigenvalue weighted by Gasteiger charge is -2.29. The molecule has 0 saturated heterocycles. The summed E-state index contributed by atoms with van der Waals surface area (Å²) >= 11 is 17.9. The summed E-state index contributed by atoms with van der Waals surface area (Å²) in [5.41, 5.74) is 0.326. The van der Waals surface area contributed by atoms with Crippen LogP contribution in [-0.2, 0) is 0 Å². The number of carbonyl (C=O) groups excluding carboxylic acids is 1. The van der Waals surface area contributed by atoms with Gasteiger partial charge >= 0.3 is 0 Å². The van der Waals surface area contributed by atoms with Crippen molar-refractivity contribution < 1.29 is 4.79 Å². The molecule has 5 heteroatoms. The summed E-state index contributed by atoms with van der Waals surface area (Å²) in [4.78, 5) is 12.1. The first-order valence-corrected chi connectivity index (χ1v) is 7.56. The molecule has 0 fully saturated rings. The Morgan fingerprint density at radius 1 is 1.26 bits per heavy atom. The van der Waals surface area contributed by atoms with Crippen molar-refractivity contribution in [1.82, 2.24) is 5.32 Å². The Bertz CT molecular complexity index is 436. The highest BCUT2D eigenvalue weighted by molar-refractivity contribution is 6.35. The van der Waals surface area contributed by atoms with Crippen LogP contribution in [0.5, 0.6) is 0 Å². The molecule has 106 valence electrons. The minimum Gasteiger partial charge on any atom is -0.351 e. The lowest BCUT2D eigenvalue weighted by molar-refractivity contribution is 0.0932. The van der Waals surface area contributed by atoms with Crippen molar-refractivity contribution >= 4 is 40.7 Å². The summed E-state index contributed by atoms with van der Waals surface area (Å²) in [6, 6.07) is 4.84. The van der Waals surface area contributed by atoms with Gasteiger partial charge in [0.25, 0.3) is 5.91 Å². The third-order valence-corrected chi connectivity index (χ3v) is 4.71. The van der Waals surface area contributed by atoms with Crippen molar-refractivity contribution in [2.24, 2.45) is 5.41 Å². The van der Waals surface area contributed by atoms with Crippen LogP contribution in [0.2, 0.25) is 10.0 Å². The van der Waals surface area contributed by atoms with E-state index in [1.54, 1.807) is 18.2 Å². The molecule has 0 unspecified atom stereocenters. The summed E-state index contributed by atoms with van der Waals surface area (Å²) in [5.74, 6) is 0.299. The molecule has 0 saturated carbocycles. The van der Waals surface area contributed by atoms with Gasteiger partial charge in [-0.15, -0.1) is 11.6 Å². The molecule has 0 aromatic heterocycles. The second-order valence-corrected chi connectivity index (χ2v) is 5.76. The fraction of sp³-hybridized carbons (Fsp3) is 0.500. The summed E-state index contributed by atoms with van der Waals surface area (Å²) in [5, 5.41) is 3.78. The van der Waals surface area contributed by atoms with Crippen LogP contribution in [0, 0.1) is 5.41 Å². The number of hydrogen-bond acceptors (Lipinski definition) is 1. The maximum atomic E-state index is 12.1. The number of rotatable bonds is 6. The molecule has 1 rings (SSSR count). The lowest BCUT2D eigenvalue weighted by atomic mass is 9.84. The molecule has 0 atom stereocenters. The molecule has 0 aliphatic rings. The van der Waals surface area contributed by atoms with Gasteiger partial charge in [0.15, 0.2) is 0 Å². The minimum atomic E-state index is -0.219. The van der Waals surface area contributed by atoms with E-state index in [1.165, 1.54) is 0 Å². The highest BCUT2D eigenvalue weighted by Gasteiger charge is 2.26. The molecule has 0 bridgehead atoms. The number of alkyl halides is 1. The summed E-state index contributed by atoms with van der Waals surface area (Å²) in [6.07, 6.45) is 1.83. The molecule has 0 aliphatic heterocycles. The van der Waals surface area contributed by atoms with Crippen molar-refractivity contribution in [3.63, 3.8) is 0 Å². The number of hydrogen-bond donors (Lipinski definition) is 1. The van der Waals surface area contributed by atoms with Gasteiger partial charge in [-0.2, -0.15) is 0 Å². The van der Waals surface area contributed by atoms with Gasteiger partial charge < -0.3 is 5.32 Å². The normalized spacial score (nSPS) is 11.4. The highest BCUT2D eigenvalue weighted by atomic mass is 35.5. The van der Waals surface area contributed by atoms with Crippen LogP contribution in [0.3, 0.4) is 0 Å². The van der Waals surface area contributed by atoms with E-state index in [9.17, 15) is 4.79 Å². The average molecular weight is 323 g/mol. The topological polar surface area (TPSA) is 29.1 Å². The molecule has 0 heterocycles. The van der Waals surface area contributed by atoms with E-state index in [1.807, 2.05) is 0 Å². The van der Waals surface area contributed by atoms with E-state index in [2.05, 4.69) is 19.2 Å². The second kappa shape index (κ2) is 7.37. The van der Waals surface area contributed by atoms with Crippen molar-refractivity contribution in [3.8, 4) is 0 Å².